The number of rotatable bonds is 9. The van der Waals surface area contributed by atoms with Gasteiger partial charge in [0.2, 0.25) is 0 Å². The summed E-state index contributed by atoms with van der Waals surface area (Å²) >= 11 is 6.02. The molecule has 1 aromatic heterocycles. The highest BCUT2D eigenvalue weighted by Gasteiger charge is 2.16. The van der Waals surface area contributed by atoms with E-state index in [4.69, 9.17) is 22.1 Å². The van der Waals surface area contributed by atoms with Gasteiger partial charge in [0.15, 0.2) is 5.69 Å². The average molecular weight is 442 g/mol. The fraction of sp³-hybridized carbons (Fsp3) is 0.227. The smallest absolute Gasteiger partial charge is 0.276 e. The van der Waals surface area contributed by atoms with Crippen LogP contribution in [0, 0.1) is 0 Å². The number of amides is 2. The maximum Gasteiger partial charge on any atom is 0.276 e. The standard InChI is InChI=1S/C22H24ClN5O3/c1-31-20-7-6-16(12-18(20)21(29)25-9-3-8-24)26-22(30)19-13-17(27-28-19)11-14-4-2-5-15(23)10-14/h2,4-7,10,12-13H,3,8-9,11,24H2,1H3,(H,25,29)(H,26,30)(H,27,28). The van der Waals surface area contributed by atoms with Gasteiger partial charge in [-0.2, -0.15) is 5.10 Å². The number of ether oxygens (including phenoxy) is 1. The van der Waals surface area contributed by atoms with Gasteiger partial charge in [-0.1, -0.05) is 23.7 Å². The Morgan fingerprint density at radius 2 is 2.00 bits per heavy atom. The highest BCUT2D eigenvalue weighted by molar-refractivity contribution is 6.30. The lowest BCUT2D eigenvalue weighted by Gasteiger charge is -2.11. The number of nitrogens with two attached hydrogens (primary N) is 1. The van der Waals surface area contributed by atoms with E-state index in [1.54, 1.807) is 30.3 Å². The summed E-state index contributed by atoms with van der Waals surface area (Å²) < 4.78 is 5.26. The highest BCUT2D eigenvalue weighted by Crippen LogP contribution is 2.23. The molecule has 2 amide bonds. The van der Waals surface area contributed by atoms with E-state index in [1.165, 1.54) is 7.11 Å². The van der Waals surface area contributed by atoms with Gasteiger partial charge in [-0.3, -0.25) is 14.7 Å². The third-order valence-corrected chi connectivity index (χ3v) is 4.75. The van der Waals surface area contributed by atoms with Crippen LogP contribution in [-0.4, -0.2) is 42.2 Å². The van der Waals surface area contributed by atoms with Crippen molar-refractivity contribution in [2.45, 2.75) is 12.8 Å². The van der Waals surface area contributed by atoms with Crippen molar-refractivity contribution in [2.75, 3.05) is 25.5 Å². The molecule has 0 saturated carbocycles. The summed E-state index contributed by atoms with van der Waals surface area (Å²) in [5.74, 6) is -0.287. The van der Waals surface area contributed by atoms with Gasteiger partial charge in [0.05, 0.1) is 12.7 Å². The Morgan fingerprint density at radius 1 is 1.16 bits per heavy atom. The summed E-state index contributed by atoms with van der Waals surface area (Å²) in [7, 11) is 1.48. The first kappa shape index (κ1) is 22.3. The second-order valence-corrected chi connectivity index (χ2v) is 7.29. The van der Waals surface area contributed by atoms with Crippen LogP contribution in [-0.2, 0) is 6.42 Å². The van der Waals surface area contributed by atoms with E-state index in [9.17, 15) is 9.59 Å². The van der Waals surface area contributed by atoms with Gasteiger partial charge in [-0.15, -0.1) is 0 Å². The van der Waals surface area contributed by atoms with E-state index in [0.29, 0.717) is 48.0 Å². The van der Waals surface area contributed by atoms with Gasteiger partial charge in [0.25, 0.3) is 11.8 Å². The van der Waals surface area contributed by atoms with Crippen LogP contribution in [0.1, 0.15) is 38.5 Å². The number of anilines is 1. The first-order valence-electron chi connectivity index (χ1n) is 9.76. The zero-order valence-electron chi connectivity index (χ0n) is 17.1. The van der Waals surface area contributed by atoms with Crippen molar-refractivity contribution < 1.29 is 14.3 Å². The second-order valence-electron chi connectivity index (χ2n) is 6.85. The number of nitrogens with one attached hydrogen (secondary N) is 3. The maximum atomic E-state index is 12.6. The molecule has 162 valence electrons. The normalized spacial score (nSPS) is 10.5. The van der Waals surface area contributed by atoms with Crippen LogP contribution in [0.2, 0.25) is 5.02 Å². The molecule has 0 atom stereocenters. The molecule has 0 aliphatic rings. The van der Waals surface area contributed by atoms with Crippen LogP contribution < -0.4 is 21.1 Å². The van der Waals surface area contributed by atoms with Crippen molar-refractivity contribution in [3.8, 4) is 5.75 Å². The van der Waals surface area contributed by atoms with Crippen molar-refractivity contribution >= 4 is 29.1 Å². The number of aromatic amines is 1. The molecule has 31 heavy (non-hydrogen) atoms. The number of nitrogens with zero attached hydrogens (tertiary/aromatic N) is 1. The monoisotopic (exact) mass is 441 g/mol. The molecule has 3 aromatic rings. The molecule has 0 bridgehead atoms. The van der Waals surface area contributed by atoms with Crippen molar-refractivity contribution in [2.24, 2.45) is 5.73 Å². The minimum Gasteiger partial charge on any atom is -0.496 e. The number of H-pyrrole nitrogens is 1. The molecule has 8 nitrogen and oxygen atoms in total. The summed E-state index contributed by atoms with van der Waals surface area (Å²) in [4.78, 5) is 25.1. The average Bonchev–Trinajstić information content (AvgIpc) is 3.22. The molecule has 9 heteroatoms. The van der Waals surface area contributed by atoms with Crippen LogP contribution in [0.3, 0.4) is 0 Å². The van der Waals surface area contributed by atoms with Gasteiger partial charge in [0, 0.05) is 29.4 Å². The number of hydrogen-bond acceptors (Lipinski definition) is 5. The van der Waals surface area contributed by atoms with Crippen molar-refractivity contribution in [1.82, 2.24) is 15.5 Å². The van der Waals surface area contributed by atoms with E-state index in [-0.39, 0.29) is 11.6 Å². The van der Waals surface area contributed by atoms with E-state index >= 15 is 0 Å². The van der Waals surface area contributed by atoms with E-state index in [2.05, 4.69) is 20.8 Å². The molecular formula is C22H24ClN5O3. The number of carbonyl (C=O) groups is 2. The quantitative estimate of drug-likeness (QED) is 0.380. The van der Waals surface area contributed by atoms with Crippen LogP contribution in [0.25, 0.3) is 0 Å². The maximum absolute atomic E-state index is 12.6. The van der Waals surface area contributed by atoms with Crippen LogP contribution in [0.15, 0.2) is 48.5 Å². The second kappa shape index (κ2) is 10.6. The number of hydrogen-bond donors (Lipinski definition) is 4. The largest absolute Gasteiger partial charge is 0.496 e. The van der Waals surface area contributed by atoms with Crippen LogP contribution >= 0.6 is 11.6 Å². The zero-order chi connectivity index (χ0) is 22.2. The predicted molar refractivity (Wildman–Crippen MR) is 120 cm³/mol. The topological polar surface area (TPSA) is 122 Å². The number of benzene rings is 2. The summed E-state index contributed by atoms with van der Waals surface area (Å²) in [6, 6.07) is 14.0. The van der Waals surface area contributed by atoms with Gasteiger partial charge in [-0.05, 0) is 54.9 Å². The van der Waals surface area contributed by atoms with Gasteiger partial charge >= 0.3 is 0 Å². The Morgan fingerprint density at radius 3 is 2.74 bits per heavy atom. The van der Waals surface area contributed by atoms with Gasteiger partial charge < -0.3 is 21.1 Å². The van der Waals surface area contributed by atoms with Crippen molar-refractivity contribution in [3.63, 3.8) is 0 Å². The number of carbonyl (C=O) groups excluding carboxylic acids is 2. The minimum absolute atomic E-state index is 0.238. The fourth-order valence-electron chi connectivity index (χ4n) is 2.99. The molecule has 0 spiro atoms. The molecular weight excluding hydrogens is 418 g/mol. The first-order chi connectivity index (χ1) is 15.0. The molecule has 0 unspecified atom stereocenters. The fourth-order valence-corrected chi connectivity index (χ4v) is 3.21. The summed E-state index contributed by atoms with van der Waals surface area (Å²) in [6.45, 7) is 0.939. The van der Waals surface area contributed by atoms with E-state index in [1.807, 2.05) is 18.2 Å². The molecule has 0 radical (unpaired) electrons. The zero-order valence-corrected chi connectivity index (χ0v) is 17.8. The van der Waals surface area contributed by atoms with E-state index < -0.39 is 5.91 Å². The number of halogens is 1. The molecule has 5 N–H and O–H groups in total. The Kier molecular flexibility index (Phi) is 7.64. The molecule has 0 aliphatic heterocycles. The lowest BCUT2D eigenvalue weighted by atomic mass is 10.1. The Labute approximate surface area is 185 Å². The van der Waals surface area contributed by atoms with Gasteiger partial charge in [0.1, 0.15) is 5.75 Å². The molecule has 1 heterocycles. The highest BCUT2D eigenvalue weighted by atomic mass is 35.5. The Bertz CT molecular complexity index is 1070. The Hall–Kier alpha value is -3.36. The SMILES string of the molecule is COc1ccc(NC(=O)c2cc(Cc3cccc(Cl)c3)[nH]n2)cc1C(=O)NCCCN. The molecule has 0 fully saturated rings. The van der Waals surface area contributed by atoms with Crippen molar-refractivity contribution in [3.05, 3.63) is 76.1 Å². The first-order valence-corrected chi connectivity index (χ1v) is 10.1. The third kappa shape index (κ3) is 6.07. The molecule has 0 saturated heterocycles. The van der Waals surface area contributed by atoms with E-state index in [0.717, 1.165) is 11.3 Å². The number of aromatic nitrogens is 2. The van der Waals surface area contributed by atoms with Gasteiger partial charge in [-0.25, -0.2) is 0 Å². The molecule has 0 aliphatic carbocycles. The molecule has 2 aromatic carbocycles. The van der Waals surface area contributed by atoms with Crippen LogP contribution in [0.5, 0.6) is 5.75 Å². The summed E-state index contributed by atoms with van der Waals surface area (Å²) in [6.07, 6.45) is 1.23. The van der Waals surface area contributed by atoms with Crippen LogP contribution in [0.4, 0.5) is 5.69 Å². The summed E-state index contributed by atoms with van der Waals surface area (Å²) in [5, 5.41) is 13.1. The molecule has 3 rings (SSSR count). The lowest BCUT2D eigenvalue weighted by Crippen LogP contribution is -2.26. The third-order valence-electron chi connectivity index (χ3n) is 4.52. The summed E-state index contributed by atoms with van der Waals surface area (Å²) in [5.41, 5.74) is 8.25. The Balaban J connectivity index is 1.69. The van der Waals surface area contributed by atoms with Crippen molar-refractivity contribution in [1.29, 1.82) is 0 Å². The lowest BCUT2D eigenvalue weighted by molar-refractivity contribution is 0.0949. The minimum atomic E-state index is -0.395. The number of methoxy groups -OCH3 is 1. The predicted octanol–water partition coefficient (Wildman–Crippen LogP) is 2.99.